The standard InChI is InChI=1S/C18H16Cl2FN5O3/c1-18(21)6-11(7-28-15(27)9-2-4-10(19)5-3-9)29-16(18)26-8-23-12-13(20)24-17(22)25-14(12)26/h2-5,8,11,16H,6-7H2,1H3,(H2,22,24,25)/t11-,16-,18-/m1/s1. The number of nitrogens with two attached hydrogens (primary N) is 1. The quantitative estimate of drug-likeness (QED) is 0.488. The Morgan fingerprint density at radius 1 is 1.38 bits per heavy atom. The lowest BCUT2D eigenvalue weighted by Gasteiger charge is -2.22. The maximum Gasteiger partial charge on any atom is 0.338 e. The molecule has 3 aromatic rings. The summed E-state index contributed by atoms with van der Waals surface area (Å²) in [7, 11) is 0. The molecule has 11 heteroatoms. The van der Waals surface area contributed by atoms with E-state index >= 15 is 4.39 Å². The Hall–Kier alpha value is -2.49. The van der Waals surface area contributed by atoms with Crippen LogP contribution in [0.3, 0.4) is 0 Å². The zero-order valence-corrected chi connectivity index (χ0v) is 16.7. The number of benzene rings is 1. The Morgan fingerprint density at radius 3 is 2.83 bits per heavy atom. The number of rotatable bonds is 4. The fraction of sp³-hybridized carbons (Fsp3) is 0.333. The molecule has 1 fully saturated rings. The van der Waals surface area contributed by atoms with E-state index in [0.29, 0.717) is 10.6 Å². The number of nitrogens with zero attached hydrogens (tertiary/aromatic N) is 4. The fourth-order valence-corrected chi connectivity index (χ4v) is 3.63. The minimum Gasteiger partial charge on any atom is -0.459 e. The Labute approximate surface area is 174 Å². The molecule has 0 radical (unpaired) electrons. The molecule has 29 heavy (non-hydrogen) atoms. The lowest BCUT2D eigenvalue weighted by molar-refractivity contribution is -0.0601. The molecular weight excluding hydrogens is 424 g/mol. The summed E-state index contributed by atoms with van der Waals surface area (Å²) >= 11 is 11.8. The Morgan fingerprint density at radius 2 is 2.10 bits per heavy atom. The number of aromatic nitrogens is 4. The topological polar surface area (TPSA) is 105 Å². The van der Waals surface area contributed by atoms with Crippen LogP contribution in [0.5, 0.6) is 0 Å². The van der Waals surface area contributed by atoms with Gasteiger partial charge in [0.1, 0.15) is 12.1 Å². The number of carbonyl (C=O) groups is 1. The number of fused-ring (bicyclic) bond motifs is 1. The maximum atomic E-state index is 15.3. The van der Waals surface area contributed by atoms with Crippen LogP contribution in [0.25, 0.3) is 11.2 Å². The molecule has 3 heterocycles. The third kappa shape index (κ3) is 3.85. The van der Waals surface area contributed by atoms with Gasteiger partial charge >= 0.3 is 5.97 Å². The van der Waals surface area contributed by atoms with Gasteiger partial charge in [-0.05, 0) is 31.2 Å². The molecule has 1 aliphatic heterocycles. The Balaban J connectivity index is 1.50. The Bertz CT molecular complexity index is 1070. The van der Waals surface area contributed by atoms with Gasteiger partial charge in [-0.1, -0.05) is 23.2 Å². The van der Waals surface area contributed by atoms with Crippen molar-refractivity contribution in [3.8, 4) is 0 Å². The molecule has 1 saturated heterocycles. The predicted molar refractivity (Wildman–Crippen MR) is 105 cm³/mol. The SMILES string of the molecule is C[C@@]1(F)C[C@H](COC(=O)c2ccc(Cl)cc2)O[C@H]1n1cnc2c(Cl)nc(N)nc21. The first-order valence-electron chi connectivity index (χ1n) is 8.67. The smallest absolute Gasteiger partial charge is 0.338 e. The summed E-state index contributed by atoms with van der Waals surface area (Å²) in [6.45, 7) is 1.29. The van der Waals surface area contributed by atoms with Crippen LogP contribution in [0.15, 0.2) is 30.6 Å². The van der Waals surface area contributed by atoms with Crippen molar-refractivity contribution in [2.24, 2.45) is 0 Å². The van der Waals surface area contributed by atoms with Crippen molar-refractivity contribution in [1.82, 2.24) is 19.5 Å². The minimum atomic E-state index is -1.77. The van der Waals surface area contributed by atoms with E-state index in [0.717, 1.165) is 0 Å². The number of ether oxygens (including phenoxy) is 2. The first kappa shape index (κ1) is 19.8. The highest BCUT2D eigenvalue weighted by molar-refractivity contribution is 6.33. The molecule has 0 bridgehead atoms. The molecule has 152 valence electrons. The van der Waals surface area contributed by atoms with Gasteiger partial charge in [-0.25, -0.2) is 14.2 Å². The van der Waals surface area contributed by atoms with Gasteiger partial charge in [0, 0.05) is 11.4 Å². The molecular formula is C18H16Cl2FN5O3. The third-order valence-electron chi connectivity index (χ3n) is 4.59. The summed E-state index contributed by atoms with van der Waals surface area (Å²) in [5.74, 6) is -0.606. The number of alkyl halides is 1. The summed E-state index contributed by atoms with van der Waals surface area (Å²) in [4.78, 5) is 24.2. The summed E-state index contributed by atoms with van der Waals surface area (Å²) < 4.78 is 27.8. The van der Waals surface area contributed by atoms with Crippen molar-refractivity contribution >= 4 is 46.3 Å². The second-order valence-electron chi connectivity index (χ2n) is 6.89. The first-order valence-corrected chi connectivity index (χ1v) is 9.43. The number of hydrogen-bond acceptors (Lipinski definition) is 7. The van der Waals surface area contributed by atoms with E-state index < -0.39 is 24.0 Å². The molecule has 8 nitrogen and oxygen atoms in total. The molecule has 0 aliphatic carbocycles. The van der Waals surface area contributed by atoms with E-state index in [4.69, 9.17) is 38.4 Å². The average Bonchev–Trinajstić information content (AvgIpc) is 3.20. The second kappa shape index (κ2) is 7.40. The normalized spacial score (nSPS) is 24.1. The van der Waals surface area contributed by atoms with Gasteiger partial charge in [-0.15, -0.1) is 0 Å². The lowest BCUT2D eigenvalue weighted by atomic mass is 10.0. The van der Waals surface area contributed by atoms with Gasteiger partial charge in [0.15, 0.2) is 22.7 Å². The van der Waals surface area contributed by atoms with Crippen LogP contribution in [0, 0.1) is 0 Å². The average molecular weight is 440 g/mol. The maximum absolute atomic E-state index is 15.3. The number of hydrogen-bond donors (Lipinski definition) is 1. The van der Waals surface area contributed by atoms with Gasteiger partial charge in [0.25, 0.3) is 0 Å². The van der Waals surface area contributed by atoms with Gasteiger partial charge in [-0.3, -0.25) is 4.57 Å². The molecule has 1 aliphatic rings. The molecule has 0 amide bonds. The van der Waals surface area contributed by atoms with Crippen molar-refractivity contribution in [2.45, 2.75) is 31.3 Å². The van der Waals surface area contributed by atoms with Crippen LogP contribution in [-0.4, -0.2) is 43.9 Å². The highest BCUT2D eigenvalue weighted by Crippen LogP contribution is 2.42. The Kier molecular flexibility index (Phi) is 5.05. The summed E-state index contributed by atoms with van der Waals surface area (Å²) in [6.07, 6.45) is -0.315. The van der Waals surface area contributed by atoms with Gasteiger partial charge in [-0.2, -0.15) is 9.97 Å². The predicted octanol–water partition coefficient (Wildman–Crippen LogP) is 3.59. The minimum absolute atomic E-state index is 0.0134. The monoisotopic (exact) mass is 439 g/mol. The van der Waals surface area contributed by atoms with Crippen LogP contribution in [0.1, 0.15) is 29.9 Å². The van der Waals surface area contributed by atoms with Crippen LogP contribution in [0.4, 0.5) is 10.3 Å². The van der Waals surface area contributed by atoms with E-state index in [2.05, 4.69) is 15.0 Å². The van der Waals surface area contributed by atoms with Crippen LogP contribution in [-0.2, 0) is 9.47 Å². The lowest BCUT2D eigenvalue weighted by Crippen LogP contribution is -2.27. The highest BCUT2D eigenvalue weighted by atomic mass is 35.5. The number of anilines is 1. The van der Waals surface area contributed by atoms with E-state index in [1.165, 1.54) is 17.8 Å². The van der Waals surface area contributed by atoms with Gasteiger partial charge in [0.2, 0.25) is 5.95 Å². The van der Waals surface area contributed by atoms with Crippen LogP contribution < -0.4 is 5.73 Å². The summed E-state index contributed by atoms with van der Waals surface area (Å²) in [5, 5.41) is 0.576. The highest BCUT2D eigenvalue weighted by Gasteiger charge is 2.48. The largest absolute Gasteiger partial charge is 0.459 e. The molecule has 2 N–H and O–H groups in total. The van der Waals surface area contributed by atoms with Crippen LogP contribution in [0.2, 0.25) is 10.2 Å². The molecule has 1 aromatic carbocycles. The molecule has 3 atom stereocenters. The van der Waals surface area contributed by atoms with Crippen molar-refractivity contribution in [1.29, 1.82) is 0 Å². The molecule has 4 rings (SSSR count). The molecule has 0 unspecified atom stereocenters. The molecule has 0 spiro atoms. The van der Waals surface area contributed by atoms with Crippen LogP contribution >= 0.6 is 23.2 Å². The zero-order chi connectivity index (χ0) is 20.8. The van der Waals surface area contributed by atoms with Crippen molar-refractivity contribution in [2.75, 3.05) is 12.3 Å². The van der Waals surface area contributed by atoms with E-state index in [1.807, 2.05) is 0 Å². The zero-order valence-electron chi connectivity index (χ0n) is 15.2. The van der Waals surface area contributed by atoms with Gasteiger partial charge < -0.3 is 15.2 Å². The van der Waals surface area contributed by atoms with Crippen molar-refractivity contribution in [3.63, 3.8) is 0 Å². The van der Waals surface area contributed by atoms with Gasteiger partial charge in [0.05, 0.1) is 18.0 Å². The number of imidazole rings is 1. The van der Waals surface area contributed by atoms with Crippen molar-refractivity contribution < 1.29 is 18.7 Å². The third-order valence-corrected chi connectivity index (χ3v) is 5.11. The van der Waals surface area contributed by atoms with E-state index in [-0.39, 0.29) is 35.3 Å². The van der Waals surface area contributed by atoms with E-state index in [9.17, 15) is 4.79 Å². The summed E-state index contributed by atoms with van der Waals surface area (Å²) in [6, 6.07) is 6.27. The number of nitrogen functional groups attached to an aromatic ring is 1. The molecule has 0 saturated carbocycles. The number of carbonyl (C=O) groups excluding carboxylic acids is 1. The summed E-state index contributed by atoms with van der Waals surface area (Å²) in [5.41, 5.74) is 4.77. The second-order valence-corrected chi connectivity index (χ2v) is 7.69. The molecule has 2 aromatic heterocycles. The van der Waals surface area contributed by atoms with E-state index in [1.54, 1.807) is 24.3 Å². The first-order chi connectivity index (χ1) is 13.7. The fourth-order valence-electron chi connectivity index (χ4n) is 3.28. The number of esters is 1. The van der Waals surface area contributed by atoms with Crippen molar-refractivity contribution in [3.05, 3.63) is 46.3 Å². The number of halogens is 3.